The largest absolute Gasteiger partial charge is 0.385 e. The van der Waals surface area contributed by atoms with Crippen LogP contribution in [0.25, 0.3) is 5.57 Å². The molecule has 1 fully saturated rings. The van der Waals surface area contributed by atoms with Gasteiger partial charge in [0.15, 0.2) is 5.84 Å². The Labute approximate surface area is 237 Å². The number of nitrogens with one attached hydrogen (secondary N) is 2. The van der Waals surface area contributed by atoms with Crippen molar-refractivity contribution in [3.8, 4) is 6.07 Å². The van der Waals surface area contributed by atoms with Crippen molar-refractivity contribution < 1.29 is 19.4 Å². The summed E-state index contributed by atoms with van der Waals surface area (Å²) in [6, 6.07) is 7.68. The predicted octanol–water partition coefficient (Wildman–Crippen LogP) is 5.08. The highest BCUT2D eigenvalue weighted by Crippen LogP contribution is 2.60. The van der Waals surface area contributed by atoms with Crippen molar-refractivity contribution in [2.75, 3.05) is 39.8 Å². The highest BCUT2D eigenvalue weighted by atomic mass is 16.5. The molecule has 3 aliphatic rings. The van der Waals surface area contributed by atoms with Crippen molar-refractivity contribution in [1.29, 1.82) is 5.26 Å². The molecule has 1 unspecified atom stereocenters. The van der Waals surface area contributed by atoms with E-state index in [0.717, 1.165) is 42.4 Å². The van der Waals surface area contributed by atoms with Crippen molar-refractivity contribution in [2.45, 2.75) is 58.0 Å². The molecule has 0 aromatic heterocycles. The molecule has 4 rings (SSSR count). The van der Waals surface area contributed by atoms with E-state index < -0.39 is 11.5 Å². The number of amides is 1. The molecule has 1 aromatic rings. The monoisotopic (exact) mass is 546 g/mol. The molecular weight excluding hydrogens is 504 g/mol. The zero-order valence-electron chi connectivity index (χ0n) is 24.4. The number of aliphatic hydroxyl groups is 1. The number of allylic oxidation sites excluding steroid dienone is 3. The molecule has 0 radical (unpaired) electrons. The number of ether oxygens (including phenoxy) is 2. The number of rotatable bonds is 8. The second-order valence-electron chi connectivity index (χ2n) is 12.6. The van der Waals surface area contributed by atoms with Crippen LogP contribution >= 0.6 is 0 Å². The second kappa shape index (κ2) is 11.3. The fourth-order valence-electron chi connectivity index (χ4n) is 6.82. The van der Waals surface area contributed by atoms with E-state index in [9.17, 15) is 9.90 Å². The first-order valence-electron chi connectivity index (χ1n) is 13.8. The summed E-state index contributed by atoms with van der Waals surface area (Å²) in [6.07, 6.45) is 11.4. The molecular formula is C32H42N4O4. The van der Waals surface area contributed by atoms with Crippen molar-refractivity contribution in [1.82, 2.24) is 5.32 Å². The molecule has 1 saturated carbocycles. The minimum absolute atomic E-state index is 0.00286. The third kappa shape index (κ3) is 6.07. The van der Waals surface area contributed by atoms with E-state index in [4.69, 9.17) is 14.7 Å². The first-order valence-corrected chi connectivity index (χ1v) is 13.8. The van der Waals surface area contributed by atoms with Gasteiger partial charge in [-0.25, -0.2) is 0 Å². The summed E-state index contributed by atoms with van der Waals surface area (Å²) in [6.45, 7) is 9.16. The number of nitriles is 1. The van der Waals surface area contributed by atoms with Gasteiger partial charge < -0.3 is 25.2 Å². The van der Waals surface area contributed by atoms with Gasteiger partial charge in [-0.1, -0.05) is 44.7 Å². The number of anilines is 1. The standard InChI is InChI=1S/C32H42N4O4/c1-22(16-33)35-27(34-4)28(37)36-26-8-7-24(15-25(26)23-9-11-29(2,3)12-10-23)32(38)18-30(20-39-5)13-14-31(17-30,19-32)21-40-6/h7-9,13-15,38H,1,10-12,17-21H2,2-6H3,(H,34,35)(H,36,37)/t30-,31+,32?. The molecule has 2 bridgehead atoms. The zero-order valence-corrected chi connectivity index (χ0v) is 24.4. The summed E-state index contributed by atoms with van der Waals surface area (Å²) < 4.78 is 11.2. The van der Waals surface area contributed by atoms with E-state index in [-0.39, 0.29) is 27.8 Å². The maximum absolute atomic E-state index is 13.1. The van der Waals surface area contributed by atoms with Crippen LogP contribution in [0.1, 0.15) is 63.5 Å². The quantitative estimate of drug-likeness (QED) is 0.181. The van der Waals surface area contributed by atoms with E-state index in [2.05, 4.69) is 54.3 Å². The fourth-order valence-corrected chi connectivity index (χ4v) is 6.82. The third-order valence-corrected chi connectivity index (χ3v) is 8.61. The van der Waals surface area contributed by atoms with E-state index in [1.54, 1.807) is 14.2 Å². The maximum Gasteiger partial charge on any atom is 0.291 e. The molecule has 3 N–H and O–H groups in total. The Morgan fingerprint density at radius 3 is 2.33 bits per heavy atom. The van der Waals surface area contributed by atoms with Crippen LogP contribution in [0.5, 0.6) is 0 Å². The van der Waals surface area contributed by atoms with Gasteiger partial charge in [-0.05, 0) is 67.2 Å². The van der Waals surface area contributed by atoms with Gasteiger partial charge in [-0.2, -0.15) is 5.26 Å². The van der Waals surface area contributed by atoms with Crippen molar-refractivity contribution in [3.05, 3.63) is 59.8 Å². The number of methoxy groups -OCH3 is 2. The second-order valence-corrected chi connectivity index (χ2v) is 12.6. The van der Waals surface area contributed by atoms with Gasteiger partial charge in [0.1, 0.15) is 11.8 Å². The van der Waals surface area contributed by atoms with E-state index in [1.165, 1.54) is 7.05 Å². The summed E-state index contributed by atoms with van der Waals surface area (Å²) >= 11 is 0. The number of amidine groups is 1. The molecule has 214 valence electrons. The Morgan fingerprint density at radius 2 is 1.80 bits per heavy atom. The Hall–Kier alpha value is -3.25. The average Bonchev–Trinajstić information content (AvgIpc) is 3.18. The van der Waals surface area contributed by atoms with E-state index >= 15 is 0 Å². The molecule has 1 aromatic carbocycles. The van der Waals surface area contributed by atoms with Gasteiger partial charge in [0, 0.05) is 43.3 Å². The number of benzene rings is 1. The van der Waals surface area contributed by atoms with E-state index in [1.807, 2.05) is 24.3 Å². The SMILES string of the molecule is C=C(C#N)NC(=NC)C(=O)Nc1ccc(C2(O)C[C@@]3(COC)C=C[C@@](COC)(C2)C3)cc1C1=CCC(C)(C)CC1. The van der Waals surface area contributed by atoms with Crippen molar-refractivity contribution >= 4 is 23.0 Å². The number of carbonyl (C=O) groups is 1. The highest BCUT2D eigenvalue weighted by Gasteiger charge is 2.56. The molecule has 3 aliphatic carbocycles. The number of carbonyl (C=O) groups excluding carboxylic acids is 1. The molecule has 3 atom stereocenters. The van der Waals surface area contributed by atoms with Crippen LogP contribution in [-0.2, 0) is 19.9 Å². The Kier molecular flexibility index (Phi) is 8.41. The molecule has 0 saturated heterocycles. The lowest BCUT2D eigenvalue weighted by atomic mass is 9.60. The van der Waals surface area contributed by atoms with Crippen LogP contribution in [0.3, 0.4) is 0 Å². The number of aliphatic imine (C=N–C) groups is 1. The lowest BCUT2D eigenvalue weighted by Crippen LogP contribution is -2.47. The highest BCUT2D eigenvalue weighted by molar-refractivity contribution is 6.42. The minimum atomic E-state index is -1.10. The average molecular weight is 547 g/mol. The number of fused-ring (bicyclic) bond motifs is 2. The van der Waals surface area contributed by atoms with Gasteiger partial charge in [-0.15, -0.1) is 0 Å². The first kappa shape index (κ1) is 29.7. The number of nitrogens with zero attached hydrogens (tertiary/aromatic N) is 2. The van der Waals surface area contributed by atoms with Gasteiger partial charge >= 0.3 is 0 Å². The lowest BCUT2D eigenvalue weighted by Gasteiger charge is -2.48. The molecule has 8 heteroatoms. The summed E-state index contributed by atoms with van der Waals surface area (Å²) in [7, 11) is 4.89. The summed E-state index contributed by atoms with van der Waals surface area (Å²) in [5, 5.41) is 27.0. The Balaban J connectivity index is 1.74. The summed E-state index contributed by atoms with van der Waals surface area (Å²) in [5.74, 6) is -0.474. The van der Waals surface area contributed by atoms with Crippen LogP contribution < -0.4 is 10.6 Å². The molecule has 1 amide bonds. The number of hydrogen-bond donors (Lipinski definition) is 3. The lowest BCUT2D eigenvalue weighted by molar-refractivity contribution is -0.110. The van der Waals surface area contributed by atoms with Gasteiger partial charge in [0.25, 0.3) is 5.91 Å². The first-order chi connectivity index (χ1) is 18.9. The van der Waals surface area contributed by atoms with Crippen LogP contribution in [0.4, 0.5) is 5.69 Å². The van der Waals surface area contributed by atoms with Gasteiger partial charge in [0.2, 0.25) is 0 Å². The molecule has 40 heavy (non-hydrogen) atoms. The van der Waals surface area contributed by atoms with Crippen molar-refractivity contribution in [2.24, 2.45) is 21.2 Å². The zero-order chi connectivity index (χ0) is 29.2. The summed E-state index contributed by atoms with van der Waals surface area (Å²) in [4.78, 5) is 17.2. The third-order valence-electron chi connectivity index (χ3n) is 8.61. The van der Waals surface area contributed by atoms with E-state index in [0.29, 0.717) is 31.7 Å². The Morgan fingerprint density at radius 1 is 1.15 bits per heavy atom. The minimum Gasteiger partial charge on any atom is -0.385 e. The number of hydrogen-bond acceptors (Lipinski definition) is 6. The van der Waals surface area contributed by atoms with Crippen molar-refractivity contribution in [3.63, 3.8) is 0 Å². The topological polar surface area (TPSA) is 116 Å². The van der Waals surface area contributed by atoms with Crippen LogP contribution in [0.2, 0.25) is 0 Å². The molecule has 0 heterocycles. The molecule has 0 spiro atoms. The maximum atomic E-state index is 13.1. The normalized spacial score (nSPS) is 28.9. The van der Waals surface area contributed by atoms with Crippen LogP contribution in [0.15, 0.2) is 53.7 Å². The van der Waals surface area contributed by atoms with Crippen LogP contribution in [0, 0.1) is 27.6 Å². The summed E-state index contributed by atoms with van der Waals surface area (Å²) in [5.41, 5.74) is 2.05. The Bertz CT molecular complexity index is 1280. The predicted molar refractivity (Wildman–Crippen MR) is 157 cm³/mol. The van der Waals surface area contributed by atoms with Gasteiger partial charge in [-0.3, -0.25) is 9.79 Å². The van der Waals surface area contributed by atoms with Crippen LogP contribution in [-0.4, -0.2) is 51.3 Å². The fraction of sp³-hybridized carbons (Fsp3) is 0.531. The molecule has 8 nitrogen and oxygen atoms in total. The van der Waals surface area contributed by atoms with Gasteiger partial charge in [0.05, 0.1) is 18.8 Å². The smallest absolute Gasteiger partial charge is 0.291 e. The molecule has 0 aliphatic heterocycles.